The number of rotatable bonds is 3. The molecule has 0 radical (unpaired) electrons. The molecule has 0 aromatic heterocycles. The molecule has 0 aliphatic heterocycles. The lowest BCUT2D eigenvalue weighted by Gasteiger charge is -2.09. The van der Waals surface area contributed by atoms with Gasteiger partial charge in [-0.25, -0.2) is 0 Å². The number of hydrogen-bond acceptors (Lipinski definition) is 2. The van der Waals surface area contributed by atoms with E-state index >= 15 is 0 Å². The van der Waals surface area contributed by atoms with E-state index in [9.17, 15) is 9.59 Å². The quantitative estimate of drug-likeness (QED) is 0.677. The van der Waals surface area contributed by atoms with Crippen molar-refractivity contribution in [3.05, 3.63) is 0 Å². The van der Waals surface area contributed by atoms with Gasteiger partial charge in [0.25, 0.3) is 0 Å². The fourth-order valence-corrected chi connectivity index (χ4v) is 1.29. The summed E-state index contributed by atoms with van der Waals surface area (Å²) in [6, 6.07) is -0.788. The van der Waals surface area contributed by atoms with Gasteiger partial charge < -0.3 is 10.4 Å². The molecule has 1 fully saturated rings. The molecular weight excluding hydrogens is 170 g/mol. The van der Waals surface area contributed by atoms with Crippen LogP contribution in [0.15, 0.2) is 0 Å². The van der Waals surface area contributed by atoms with Gasteiger partial charge in [0.15, 0.2) is 0 Å². The summed E-state index contributed by atoms with van der Waals surface area (Å²) < 4.78 is 0. The molecule has 1 unspecified atom stereocenters. The standard InChI is InChI=1S/C9H15NO3/c1-5(8(12)13)10-7(11)6-4-9(6,2)3/h5-6H,4H2,1-3H3,(H,10,11)(H,12,13)/t5-,6?/m0/s1. The summed E-state index contributed by atoms with van der Waals surface area (Å²) in [5.74, 6) is -1.14. The largest absolute Gasteiger partial charge is 0.480 e. The summed E-state index contributed by atoms with van der Waals surface area (Å²) in [5.41, 5.74) is 0.0578. The van der Waals surface area contributed by atoms with Crippen molar-refractivity contribution < 1.29 is 14.7 Å². The third kappa shape index (κ3) is 2.20. The van der Waals surface area contributed by atoms with Crippen molar-refractivity contribution in [1.82, 2.24) is 5.32 Å². The van der Waals surface area contributed by atoms with Crippen LogP contribution in [0.1, 0.15) is 27.2 Å². The highest BCUT2D eigenvalue weighted by Gasteiger charge is 2.50. The number of aliphatic carboxylic acids is 1. The minimum absolute atomic E-state index is 0.00528. The summed E-state index contributed by atoms with van der Waals surface area (Å²) in [6.45, 7) is 5.47. The number of carboxylic acid groups (broad SMARTS) is 1. The lowest BCUT2D eigenvalue weighted by Crippen LogP contribution is -2.39. The van der Waals surface area contributed by atoms with Gasteiger partial charge in [0.2, 0.25) is 5.91 Å². The average Bonchev–Trinajstić information content (AvgIpc) is 2.59. The van der Waals surface area contributed by atoms with Crippen LogP contribution in [0.3, 0.4) is 0 Å². The second-order valence-electron chi connectivity index (χ2n) is 4.31. The molecule has 4 nitrogen and oxygen atoms in total. The van der Waals surface area contributed by atoms with Crippen LogP contribution in [-0.2, 0) is 9.59 Å². The molecule has 0 spiro atoms. The Morgan fingerprint density at radius 3 is 2.31 bits per heavy atom. The van der Waals surface area contributed by atoms with Crippen LogP contribution >= 0.6 is 0 Å². The van der Waals surface area contributed by atoms with Gasteiger partial charge in [-0.3, -0.25) is 9.59 Å². The first kappa shape index (κ1) is 10.0. The molecule has 0 heterocycles. The van der Waals surface area contributed by atoms with E-state index in [0.29, 0.717) is 0 Å². The molecule has 0 saturated heterocycles. The fourth-order valence-electron chi connectivity index (χ4n) is 1.29. The normalized spacial score (nSPS) is 26.2. The van der Waals surface area contributed by atoms with Crippen LogP contribution in [0.25, 0.3) is 0 Å². The molecule has 2 atom stereocenters. The molecule has 2 N–H and O–H groups in total. The molecule has 13 heavy (non-hydrogen) atoms. The van der Waals surface area contributed by atoms with Crippen LogP contribution < -0.4 is 5.32 Å². The van der Waals surface area contributed by atoms with Crippen LogP contribution in [0.5, 0.6) is 0 Å². The van der Waals surface area contributed by atoms with Crippen molar-refractivity contribution in [3.63, 3.8) is 0 Å². The number of nitrogens with one attached hydrogen (secondary N) is 1. The van der Waals surface area contributed by atoms with Crippen molar-refractivity contribution in [1.29, 1.82) is 0 Å². The van der Waals surface area contributed by atoms with E-state index in [1.54, 1.807) is 0 Å². The second kappa shape index (κ2) is 3.01. The third-order valence-electron chi connectivity index (χ3n) is 2.56. The van der Waals surface area contributed by atoms with Crippen LogP contribution in [0.4, 0.5) is 0 Å². The summed E-state index contributed by atoms with van der Waals surface area (Å²) in [5, 5.41) is 11.0. The molecule has 1 aliphatic rings. The highest BCUT2D eigenvalue weighted by atomic mass is 16.4. The number of hydrogen-bond donors (Lipinski definition) is 2. The summed E-state index contributed by atoms with van der Waals surface area (Å²) in [6.07, 6.45) is 0.852. The molecule has 4 heteroatoms. The van der Waals surface area contributed by atoms with Gasteiger partial charge in [-0.2, -0.15) is 0 Å². The van der Waals surface area contributed by atoms with Crippen molar-refractivity contribution in [2.75, 3.05) is 0 Å². The Bertz CT molecular complexity index is 247. The molecule has 0 aromatic rings. The third-order valence-corrected chi connectivity index (χ3v) is 2.56. The molecule has 0 aromatic carbocycles. The smallest absolute Gasteiger partial charge is 0.325 e. The van der Waals surface area contributed by atoms with Gasteiger partial charge in [0.05, 0.1) is 0 Å². The molecule has 1 amide bonds. The molecular formula is C9H15NO3. The SMILES string of the molecule is C[C@H](NC(=O)C1CC1(C)C)C(=O)O. The monoisotopic (exact) mass is 185 g/mol. The van der Waals surface area contributed by atoms with Crippen molar-refractivity contribution >= 4 is 11.9 Å². The summed E-state index contributed by atoms with van der Waals surface area (Å²) >= 11 is 0. The Morgan fingerprint density at radius 1 is 1.54 bits per heavy atom. The second-order valence-corrected chi connectivity index (χ2v) is 4.31. The Hall–Kier alpha value is -1.06. The first-order valence-corrected chi connectivity index (χ1v) is 4.38. The lowest BCUT2D eigenvalue weighted by molar-refractivity contribution is -0.141. The van der Waals surface area contributed by atoms with E-state index in [4.69, 9.17) is 5.11 Å². The Balaban J connectivity index is 2.40. The van der Waals surface area contributed by atoms with Gasteiger partial charge in [-0.15, -0.1) is 0 Å². The van der Waals surface area contributed by atoms with Gasteiger partial charge in [0, 0.05) is 5.92 Å². The van der Waals surface area contributed by atoms with E-state index in [2.05, 4.69) is 5.32 Å². The van der Waals surface area contributed by atoms with E-state index < -0.39 is 12.0 Å². The maximum atomic E-state index is 11.4. The predicted octanol–water partition coefficient (Wildman–Crippen LogP) is 0.622. The summed E-state index contributed by atoms with van der Waals surface area (Å²) in [4.78, 5) is 21.8. The number of carbonyl (C=O) groups is 2. The maximum Gasteiger partial charge on any atom is 0.325 e. The Kier molecular flexibility index (Phi) is 2.32. The van der Waals surface area contributed by atoms with Crippen LogP contribution in [0, 0.1) is 11.3 Å². The van der Waals surface area contributed by atoms with Gasteiger partial charge in [-0.05, 0) is 18.8 Å². The number of carbonyl (C=O) groups excluding carboxylic acids is 1. The Morgan fingerprint density at radius 2 is 2.00 bits per heavy atom. The topological polar surface area (TPSA) is 66.4 Å². The highest BCUT2D eigenvalue weighted by molar-refractivity contribution is 5.86. The van der Waals surface area contributed by atoms with E-state index in [-0.39, 0.29) is 17.2 Å². The molecule has 1 aliphatic carbocycles. The molecule has 74 valence electrons. The summed E-state index contributed by atoms with van der Waals surface area (Å²) in [7, 11) is 0. The first-order chi connectivity index (χ1) is 5.84. The average molecular weight is 185 g/mol. The van der Waals surface area contributed by atoms with Crippen molar-refractivity contribution in [2.24, 2.45) is 11.3 Å². The Labute approximate surface area is 77.3 Å². The predicted molar refractivity (Wildman–Crippen MR) is 47.1 cm³/mol. The zero-order valence-corrected chi connectivity index (χ0v) is 8.13. The maximum absolute atomic E-state index is 11.4. The van der Waals surface area contributed by atoms with Gasteiger partial charge in [-0.1, -0.05) is 13.8 Å². The zero-order valence-electron chi connectivity index (χ0n) is 8.13. The lowest BCUT2D eigenvalue weighted by atomic mass is 10.1. The molecule has 1 rings (SSSR count). The van der Waals surface area contributed by atoms with E-state index in [0.717, 1.165) is 6.42 Å². The van der Waals surface area contributed by atoms with E-state index in [1.807, 2.05) is 13.8 Å². The van der Waals surface area contributed by atoms with E-state index in [1.165, 1.54) is 6.92 Å². The fraction of sp³-hybridized carbons (Fsp3) is 0.778. The molecule has 0 bridgehead atoms. The zero-order chi connectivity index (χ0) is 10.2. The van der Waals surface area contributed by atoms with Crippen LogP contribution in [0.2, 0.25) is 0 Å². The van der Waals surface area contributed by atoms with Crippen molar-refractivity contribution in [3.8, 4) is 0 Å². The minimum Gasteiger partial charge on any atom is -0.480 e. The highest BCUT2D eigenvalue weighted by Crippen LogP contribution is 2.51. The molecule has 1 saturated carbocycles. The van der Waals surface area contributed by atoms with Crippen LogP contribution in [-0.4, -0.2) is 23.0 Å². The van der Waals surface area contributed by atoms with Gasteiger partial charge in [0.1, 0.15) is 6.04 Å². The first-order valence-electron chi connectivity index (χ1n) is 4.38. The number of amides is 1. The van der Waals surface area contributed by atoms with Crippen molar-refractivity contribution in [2.45, 2.75) is 33.2 Å². The number of carboxylic acids is 1. The van der Waals surface area contributed by atoms with Gasteiger partial charge >= 0.3 is 5.97 Å². The minimum atomic E-state index is -0.994.